The van der Waals surface area contributed by atoms with Crippen molar-refractivity contribution in [3.8, 4) is 0 Å². The van der Waals surface area contributed by atoms with E-state index in [0.717, 1.165) is 37.4 Å². The summed E-state index contributed by atoms with van der Waals surface area (Å²) >= 11 is 0. The second-order valence-electron chi connectivity index (χ2n) is 7.66. The predicted molar refractivity (Wildman–Crippen MR) is 112 cm³/mol. The van der Waals surface area contributed by atoms with Gasteiger partial charge < -0.3 is 19.3 Å². The van der Waals surface area contributed by atoms with Crippen molar-refractivity contribution in [1.82, 2.24) is 29.8 Å². The number of hydrogen-bond acceptors (Lipinski definition) is 10. The van der Waals surface area contributed by atoms with Gasteiger partial charge in [0, 0.05) is 26.2 Å². The summed E-state index contributed by atoms with van der Waals surface area (Å²) in [5.74, 6) is 2.23. The lowest BCUT2D eigenvalue weighted by atomic mass is 10.2. The van der Waals surface area contributed by atoms with Crippen LogP contribution >= 0.6 is 0 Å². The van der Waals surface area contributed by atoms with E-state index in [1.807, 2.05) is 12.1 Å². The predicted octanol–water partition coefficient (Wildman–Crippen LogP) is 0.942. The molecule has 11 heteroatoms. The minimum absolute atomic E-state index is 0.120. The van der Waals surface area contributed by atoms with Crippen LogP contribution in [0.2, 0.25) is 0 Å². The number of ether oxygens (including phenoxy) is 2. The lowest BCUT2D eigenvalue weighted by Gasteiger charge is -2.36. The first kappa shape index (κ1) is 18.9. The van der Waals surface area contributed by atoms with Gasteiger partial charge in [-0.05, 0) is 26.0 Å². The van der Waals surface area contributed by atoms with Crippen LogP contribution in [0.5, 0.6) is 0 Å². The van der Waals surface area contributed by atoms with Gasteiger partial charge in [0.15, 0.2) is 5.65 Å². The van der Waals surface area contributed by atoms with E-state index < -0.39 is 0 Å². The van der Waals surface area contributed by atoms with Gasteiger partial charge in [0.05, 0.1) is 30.8 Å². The fraction of sp³-hybridized carbons (Fsp3) is 0.526. The Hall–Kier alpha value is -3.05. The molecule has 2 aliphatic rings. The summed E-state index contributed by atoms with van der Waals surface area (Å²) in [5, 5.41) is 8.53. The Morgan fingerprint density at radius 2 is 1.67 bits per heavy atom. The molecule has 11 nitrogen and oxygen atoms in total. The largest absolute Gasteiger partial charge is 0.378 e. The molecule has 0 aromatic carbocycles. The Morgan fingerprint density at radius 3 is 2.40 bits per heavy atom. The molecule has 0 bridgehead atoms. The molecule has 5 rings (SSSR count). The highest BCUT2D eigenvalue weighted by Gasteiger charge is 2.26. The molecule has 2 aliphatic heterocycles. The molecular formula is C19H25N9O2. The van der Waals surface area contributed by atoms with Crippen molar-refractivity contribution in [2.75, 3.05) is 54.6 Å². The highest BCUT2D eigenvalue weighted by atomic mass is 16.5. The van der Waals surface area contributed by atoms with E-state index in [-0.39, 0.29) is 12.2 Å². The van der Waals surface area contributed by atoms with E-state index in [1.54, 1.807) is 17.3 Å². The summed E-state index contributed by atoms with van der Waals surface area (Å²) < 4.78 is 13.1. The number of nitrogens with one attached hydrogen (secondary N) is 1. The van der Waals surface area contributed by atoms with Crippen LogP contribution in [0, 0.1) is 0 Å². The van der Waals surface area contributed by atoms with Crippen LogP contribution in [0.4, 0.5) is 17.6 Å². The van der Waals surface area contributed by atoms with E-state index in [4.69, 9.17) is 24.4 Å². The van der Waals surface area contributed by atoms with Gasteiger partial charge in [0.1, 0.15) is 24.3 Å². The van der Waals surface area contributed by atoms with Crippen LogP contribution < -0.4 is 15.2 Å². The highest BCUT2D eigenvalue weighted by Crippen LogP contribution is 2.28. The molecule has 1 N–H and O–H groups in total. The third-order valence-corrected chi connectivity index (χ3v) is 5.20. The molecule has 2 atom stereocenters. The Morgan fingerprint density at radius 1 is 0.933 bits per heavy atom. The van der Waals surface area contributed by atoms with Gasteiger partial charge in [-0.3, -0.25) is 5.43 Å². The summed E-state index contributed by atoms with van der Waals surface area (Å²) in [5.41, 5.74) is 3.79. The van der Waals surface area contributed by atoms with Crippen molar-refractivity contribution in [3.05, 3.63) is 24.8 Å². The Balaban J connectivity index is 1.56. The average molecular weight is 411 g/mol. The van der Waals surface area contributed by atoms with Crippen molar-refractivity contribution in [1.29, 1.82) is 0 Å². The number of hydrogen-bond donors (Lipinski definition) is 1. The van der Waals surface area contributed by atoms with Crippen LogP contribution in [0.25, 0.3) is 11.0 Å². The van der Waals surface area contributed by atoms with E-state index >= 15 is 0 Å². The zero-order valence-corrected chi connectivity index (χ0v) is 17.1. The minimum Gasteiger partial charge on any atom is -0.378 e. The molecule has 0 saturated carbocycles. The van der Waals surface area contributed by atoms with Crippen LogP contribution in [0.1, 0.15) is 13.8 Å². The van der Waals surface area contributed by atoms with Gasteiger partial charge >= 0.3 is 0 Å². The van der Waals surface area contributed by atoms with Crippen LogP contribution in [0.3, 0.4) is 0 Å². The molecule has 0 aliphatic carbocycles. The Kier molecular flexibility index (Phi) is 5.05. The van der Waals surface area contributed by atoms with Gasteiger partial charge in [-0.1, -0.05) is 0 Å². The van der Waals surface area contributed by atoms with Gasteiger partial charge in [-0.15, -0.1) is 10.2 Å². The number of morpholine rings is 2. The molecule has 3 aromatic heterocycles. The number of anilines is 3. The molecule has 5 heterocycles. The minimum atomic E-state index is 0.120. The normalized spacial score (nSPS) is 22.5. The first-order valence-electron chi connectivity index (χ1n) is 10.2. The molecular weight excluding hydrogens is 386 g/mol. The second kappa shape index (κ2) is 8.00. The summed E-state index contributed by atoms with van der Waals surface area (Å²) in [7, 11) is 0. The van der Waals surface area contributed by atoms with Crippen LogP contribution in [0.15, 0.2) is 24.8 Å². The first-order valence-corrected chi connectivity index (χ1v) is 10.2. The topological polar surface area (TPSA) is 106 Å². The van der Waals surface area contributed by atoms with Gasteiger partial charge in [-0.25, -0.2) is 9.66 Å². The summed E-state index contributed by atoms with van der Waals surface area (Å²) in [6.45, 7) is 8.61. The monoisotopic (exact) mass is 411 g/mol. The molecule has 158 valence electrons. The number of rotatable bonds is 4. The van der Waals surface area contributed by atoms with Gasteiger partial charge in [0.2, 0.25) is 5.95 Å². The first-order chi connectivity index (χ1) is 14.7. The number of fused-ring (bicyclic) bond motifs is 1. The van der Waals surface area contributed by atoms with E-state index in [9.17, 15) is 0 Å². The molecule has 3 aromatic rings. The van der Waals surface area contributed by atoms with Crippen molar-refractivity contribution < 1.29 is 9.47 Å². The summed E-state index contributed by atoms with van der Waals surface area (Å²) in [6, 6.07) is 3.92. The van der Waals surface area contributed by atoms with Crippen molar-refractivity contribution in [3.63, 3.8) is 0 Å². The van der Waals surface area contributed by atoms with E-state index in [2.05, 4.69) is 39.3 Å². The second-order valence-corrected chi connectivity index (χ2v) is 7.66. The molecule has 0 radical (unpaired) electrons. The summed E-state index contributed by atoms with van der Waals surface area (Å²) in [4.78, 5) is 19.0. The molecule has 2 saturated heterocycles. The highest BCUT2D eigenvalue weighted by molar-refractivity contribution is 5.89. The SMILES string of the molecule is CC1CN(c2nc(N3CCOCC3)c3ccc(Nn4cnnc4)nc3n2)CC(C)O1. The number of nitrogens with zero attached hydrogens (tertiary/aromatic N) is 8. The number of pyridine rings is 1. The van der Waals surface area contributed by atoms with Crippen molar-refractivity contribution >= 4 is 28.6 Å². The van der Waals surface area contributed by atoms with Gasteiger partial charge in [0.25, 0.3) is 0 Å². The summed E-state index contributed by atoms with van der Waals surface area (Å²) in [6.07, 6.45) is 3.39. The average Bonchev–Trinajstić information content (AvgIpc) is 3.26. The number of aromatic nitrogens is 6. The smallest absolute Gasteiger partial charge is 0.229 e. The molecule has 0 spiro atoms. The zero-order valence-electron chi connectivity index (χ0n) is 17.1. The third kappa shape index (κ3) is 3.85. The lowest BCUT2D eigenvalue weighted by molar-refractivity contribution is -0.00570. The van der Waals surface area contributed by atoms with Crippen LogP contribution in [-0.4, -0.2) is 81.4 Å². The molecule has 2 unspecified atom stereocenters. The quantitative estimate of drug-likeness (QED) is 0.667. The fourth-order valence-corrected chi connectivity index (χ4v) is 3.93. The van der Waals surface area contributed by atoms with E-state index in [1.165, 1.54) is 0 Å². The maximum Gasteiger partial charge on any atom is 0.229 e. The zero-order chi connectivity index (χ0) is 20.5. The molecule has 0 amide bonds. The Labute approximate surface area is 174 Å². The van der Waals surface area contributed by atoms with Crippen LogP contribution in [-0.2, 0) is 9.47 Å². The van der Waals surface area contributed by atoms with Crippen molar-refractivity contribution in [2.45, 2.75) is 26.1 Å². The molecule has 30 heavy (non-hydrogen) atoms. The fourth-order valence-electron chi connectivity index (χ4n) is 3.93. The maximum atomic E-state index is 5.89. The van der Waals surface area contributed by atoms with Gasteiger partial charge in [-0.2, -0.15) is 9.97 Å². The Bertz CT molecular complexity index is 997. The van der Waals surface area contributed by atoms with E-state index in [0.29, 0.717) is 30.6 Å². The standard InChI is InChI=1S/C19H25N9O2/c1-13-9-27(10-14(2)30-13)19-23-17-15(18(24-19)26-5-7-29-8-6-26)3-4-16(22-17)25-28-11-20-21-12-28/h3-4,11-14H,5-10H2,1-2H3,(H,22,23,24,25). The third-order valence-electron chi connectivity index (χ3n) is 5.20. The lowest BCUT2D eigenvalue weighted by Crippen LogP contribution is -2.46. The van der Waals surface area contributed by atoms with Crippen molar-refractivity contribution in [2.24, 2.45) is 0 Å². The maximum absolute atomic E-state index is 5.89. The molecule has 2 fully saturated rings.